The quantitative estimate of drug-likeness (QED) is 0.787. The summed E-state index contributed by atoms with van der Waals surface area (Å²) in [5.74, 6) is 0.864. The summed E-state index contributed by atoms with van der Waals surface area (Å²) in [6.07, 6.45) is 1.92. The van der Waals surface area contributed by atoms with Crippen molar-refractivity contribution >= 4 is 11.3 Å². The van der Waals surface area contributed by atoms with Crippen molar-refractivity contribution in [1.29, 1.82) is 0 Å². The van der Waals surface area contributed by atoms with Crippen LogP contribution in [0, 0.1) is 5.92 Å². The maximum atomic E-state index is 6.02. The molecule has 0 fully saturated rings. The van der Waals surface area contributed by atoms with Gasteiger partial charge in [0.2, 0.25) is 0 Å². The molecule has 0 aliphatic carbocycles. The third kappa shape index (κ3) is 3.56. The molecule has 1 aromatic heterocycles. The minimum atomic E-state index is -0.214. The van der Waals surface area contributed by atoms with Gasteiger partial charge in [0.15, 0.2) is 0 Å². The molecular weight excluding hydrogens is 256 g/mol. The van der Waals surface area contributed by atoms with Gasteiger partial charge in [-0.15, -0.1) is 11.3 Å². The molecular formula is C15H28N2OS. The van der Waals surface area contributed by atoms with Gasteiger partial charge in [0, 0.05) is 24.4 Å². The first-order chi connectivity index (χ1) is 9.04. The SMILES string of the molecule is CCOC(CC)(CC)c1nc(C(CN)C(C)C)cs1. The molecule has 1 atom stereocenters. The highest BCUT2D eigenvalue weighted by Crippen LogP contribution is 2.37. The van der Waals surface area contributed by atoms with Crippen LogP contribution in [0.4, 0.5) is 0 Å². The van der Waals surface area contributed by atoms with E-state index in [0.29, 0.717) is 18.4 Å². The summed E-state index contributed by atoms with van der Waals surface area (Å²) < 4.78 is 6.02. The van der Waals surface area contributed by atoms with Crippen LogP contribution < -0.4 is 5.73 Å². The predicted molar refractivity (Wildman–Crippen MR) is 82.6 cm³/mol. The molecule has 19 heavy (non-hydrogen) atoms. The van der Waals surface area contributed by atoms with Crippen molar-refractivity contribution < 1.29 is 4.74 Å². The first-order valence-corrected chi connectivity index (χ1v) is 8.22. The van der Waals surface area contributed by atoms with Crippen molar-refractivity contribution in [1.82, 2.24) is 4.98 Å². The largest absolute Gasteiger partial charge is 0.368 e. The minimum Gasteiger partial charge on any atom is -0.368 e. The first-order valence-electron chi connectivity index (χ1n) is 7.34. The van der Waals surface area contributed by atoms with Crippen LogP contribution in [0.2, 0.25) is 0 Å². The molecule has 2 N–H and O–H groups in total. The molecule has 3 nitrogen and oxygen atoms in total. The molecule has 1 aromatic rings. The van der Waals surface area contributed by atoms with Gasteiger partial charge in [-0.2, -0.15) is 0 Å². The number of nitrogens with two attached hydrogens (primary N) is 1. The van der Waals surface area contributed by atoms with Crippen molar-refractivity contribution in [2.45, 2.75) is 59.0 Å². The van der Waals surface area contributed by atoms with Crippen LogP contribution in [0.1, 0.15) is 64.1 Å². The third-order valence-electron chi connectivity index (χ3n) is 3.91. The zero-order valence-electron chi connectivity index (χ0n) is 12.9. The smallest absolute Gasteiger partial charge is 0.125 e. The number of aromatic nitrogens is 1. The van der Waals surface area contributed by atoms with Gasteiger partial charge in [-0.05, 0) is 25.7 Å². The third-order valence-corrected chi connectivity index (χ3v) is 4.96. The second-order valence-corrected chi connectivity index (χ2v) is 6.16. The lowest BCUT2D eigenvalue weighted by Crippen LogP contribution is -2.28. The zero-order chi connectivity index (χ0) is 14.5. The normalized spacial score (nSPS) is 14.1. The average Bonchev–Trinajstić information content (AvgIpc) is 2.86. The van der Waals surface area contributed by atoms with Gasteiger partial charge in [0.25, 0.3) is 0 Å². The summed E-state index contributed by atoms with van der Waals surface area (Å²) in [7, 11) is 0. The summed E-state index contributed by atoms with van der Waals surface area (Å²) in [4.78, 5) is 4.85. The Balaban J connectivity index is 3.05. The number of thiazole rings is 1. The van der Waals surface area contributed by atoms with Crippen LogP contribution in [0.15, 0.2) is 5.38 Å². The molecule has 110 valence electrons. The van der Waals surface area contributed by atoms with Gasteiger partial charge in [-0.25, -0.2) is 4.98 Å². The number of rotatable bonds is 8. The molecule has 1 unspecified atom stereocenters. The zero-order valence-corrected chi connectivity index (χ0v) is 13.7. The van der Waals surface area contributed by atoms with Gasteiger partial charge in [0.05, 0.1) is 5.69 Å². The van der Waals surface area contributed by atoms with E-state index in [-0.39, 0.29) is 5.60 Å². The predicted octanol–water partition coefficient (Wildman–Crippen LogP) is 3.89. The number of hydrogen-bond acceptors (Lipinski definition) is 4. The number of nitrogens with zero attached hydrogens (tertiary/aromatic N) is 1. The maximum Gasteiger partial charge on any atom is 0.125 e. The van der Waals surface area contributed by atoms with Gasteiger partial charge >= 0.3 is 0 Å². The molecule has 0 aliphatic rings. The molecule has 0 bridgehead atoms. The minimum absolute atomic E-state index is 0.214. The molecule has 0 radical (unpaired) electrons. The molecule has 0 amide bonds. The monoisotopic (exact) mass is 284 g/mol. The Morgan fingerprint density at radius 3 is 2.37 bits per heavy atom. The van der Waals surface area contributed by atoms with E-state index in [0.717, 1.165) is 30.2 Å². The van der Waals surface area contributed by atoms with E-state index in [4.69, 9.17) is 15.5 Å². The van der Waals surface area contributed by atoms with E-state index >= 15 is 0 Å². The summed E-state index contributed by atoms with van der Waals surface area (Å²) in [6, 6.07) is 0. The van der Waals surface area contributed by atoms with Gasteiger partial charge in [-0.3, -0.25) is 0 Å². The fourth-order valence-electron chi connectivity index (χ4n) is 2.49. The van der Waals surface area contributed by atoms with Crippen molar-refractivity contribution in [3.8, 4) is 0 Å². The van der Waals surface area contributed by atoms with E-state index in [1.54, 1.807) is 11.3 Å². The number of hydrogen-bond donors (Lipinski definition) is 1. The highest BCUT2D eigenvalue weighted by atomic mass is 32.1. The standard InChI is InChI=1S/C15H28N2OS/c1-6-15(7-2,18-8-3)14-17-13(10-19-14)12(9-16)11(4)5/h10-12H,6-9,16H2,1-5H3. The summed E-state index contributed by atoms with van der Waals surface area (Å²) in [5, 5.41) is 3.26. The van der Waals surface area contributed by atoms with E-state index in [1.807, 2.05) is 6.92 Å². The molecule has 0 spiro atoms. The van der Waals surface area contributed by atoms with Gasteiger partial charge < -0.3 is 10.5 Å². The van der Waals surface area contributed by atoms with E-state index in [2.05, 4.69) is 33.1 Å². The molecule has 0 saturated carbocycles. The highest BCUT2D eigenvalue weighted by Gasteiger charge is 2.33. The molecule has 1 heterocycles. The van der Waals surface area contributed by atoms with Crippen LogP contribution in [0.3, 0.4) is 0 Å². The van der Waals surface area contributed by atoms with Crippen LogP contribution in [-0.4, -0.2) is 18.1 Å². The molecule has 0 aliphatic heterocycles. The first kappa shape index (κ1) is 16.6. The number of ether oxygens (including phenoxy) is 1. The summed E-state index contributed by atoms with van der Waals surface area (Å²) >= 11 is 1.72. The molecule has 0 saturated heterocycles. The van der Waals surface area contributed by atoms with Crippen molar-refractivity contribution in [3.63, 3.8) is 0 Å². The van der Waals surface area contributed by atoms with Crippen LogP contribution in [0.5, 0.6) is 0 Å². The van der Waals surface area contributed by atoms with Crippen LogP contribution in [0.25, 0.3) is 0 Å². The Bertz CT molecular complexity index is 372. The summed E-state index contributed by atoms with van der Waals surface area (Å²) in [5.41, 5.74) is 6.79. The summed E-state index contributed by atoms with van der Waals surface area (Å²) in [6.45, 7) is 12.2. The Hall–Kier alpha value is -0.450. The van der Waals surface area contributed by atoms with E-state index in [1.165, 1.54) is 0 Å². The molecule has 1 rings (SSSR count). The van der Waals surface area contributed by atoms with Crippen molar-refractivity contribution in [2.75, 3.05) is 13.2 Å². The van der Waals surface area contributed by atoms with Gasteiger partial charge in [0.1, 0.15) is 10.6 Å². The van der Waals surface area contributed by atoms with Gasteiger partial charge in [-0.1, -0.05) is 27.7 Å². The lowest BCUT2D eigenvalue weighted by Gasteiger charge is -2.29. The van der Waals surface area contributed by atoms with Crippen LogP contribution >= 0.6 is 11.3 Å². The van der Waals surface area contributed by atoms with Crippen LogP contribution in [-0.2, 0) is 10.3 Å². The molecule has 0 aromatic carbocycles. The highest BCUT2D eigenvalue weighted by molar-refractivity contribution is 7.09. The second kappa shape index (κ2) is 7.36. The van der Waals surface area contributed by atoms with E-state index in [9.17, 15) is 0 Å². The Kier molecular flexibility index (Phi) is 6.43. The second-order valence-electron chi connectivity index (χ2n) is 5.30. The maximum absolute atomic E-state index is 6.02. The Labute approximate surface area is 121 Å². The van der Waals surface area contributed by atoms with Crippen molar-refractivity contribution in [2.24, 2.45) is 11.7 Å². The van der Waals surface area contributed by atoms with E-state index < -0.39 is 0 Å². The molecule has 4 heteroatoms. The fourth-order valence-corrected chi connectivity index (χ4v) is 3.68. The Morgan fingerprint density at radius 2 is 1.95 bits per heavy atom. The van der Waals surface area contributed by atoms with Crippen molar-refractivity contribution in [3.05, 3.63) is 16.1 Å². The lowest BCUT2D eigenvalue weighted by atomic mass is 9.93. The lowest BCUT2D eigenvalue weighted by molar-refractivity contribution is -0.0507. The average molecular weight is 284 g/mol. The Morgan fingerprint density at radius 1 is 1.32 bits per heavy atom. The fraction of sp³-hybridized carbons (Fsp3) is 0.800. The topological polar surface area (TPSA) is 48.1 Å².